The van der Waals surface area contributed by atoms with E-state index >= 15 is 0 Å². The van der Waals surface area contributed by atoms with Gasteiger partial charge in [-0.3, -0.25) is 11.3 Å². The molecule has 0 aliphatic rings. The van der Waals surface area contributed by atoms with Crippen molar-refractivity contribution in [1.82, 2.24) is 5.43 Å². The van der Waals surface area contributed by atoms with Crippen molar-refractivity contribution >= 4 is 11.6 Å². The third-order valence-corrected chi connectivity index (χ3v) is 2.79. The highest BCUT2D eigenvalue weighted by atomic mass is 35.5. The fraction of sp³-hybridized carbons (Fsp3) is 0.500. The number of rotatable bonds is 6. The zero-order valence-electron chi connectivity index (χ0n) is 9.17. The van der Waals surface area contributed by atoms with Gasteiger partial charge in [0.1, 0.15) is 0 Å². The summed E-state index contributed by atoms with van der Waals surface area (Å²) < 4.78 is 0. The first kappa shape index (κ1) is 12.5. The first-order chi connectivity index (χ1) is 7.26. The van der Waals surface area contributed by atoms with E-state index in [4.69, 9.17) is 17.4 Å². The molecule has 3 N–H and O–H groups in total. The lowest BCUT2D eigenvalue weighted by Gasteiger charge is -2.15. The summed E-state index contributed by atoms with van der Waals surface area (Å²) in [5, 5.41) is 0. The predicted octanol–water partition coefficient (Wildman–Crippen LogP) is 2.39. The molecular weight excluding hydrogens is 208 g/mol. The number of halogens is 1. The van der Waals surface area contributed by atoms with Crippen LogP contribution in [0, 0.1) is 6.92 Å². The van der Waals surface area contributed by atoms with Crippen LogP contribution in [0.3, 0.4) is 0 Å². The zero-order chi connectivity index (χ0) is 11.1. The molecule has 0 aromatic heterocycles. The van der Waals surface area contributed by atoms with E-state index in [1.165, 1.54) is 11.1 Å². The number of hydrazine groups is 1. The molecule has 2 nitrogen and oxygen atoms in total. The summed E-state index contributed by atoms with van der Waals surface area (Å²) in [4.78, 5) is 0. The number of alkyl halides is 1. The van der Waals surface area contributed by atoms with Gasteiger partial charge < -0.3 is 0 Å². The van der Waals surface area contributed by atoms with Gasteiger partial charge in [0.25, 0.3) is 0 Å². The lowest BCUT2D eigenvalue weighted by atomic mass is 10.0. The number of benzene rings is 1. The van der Waals surface area contributed by atoms with Crippen LogP contribution in [0.1, 0.15) is 24.0 Å². The van der Waals surface area contributed by atoms with Crippen LogP contribution >= 0.6 is 11.6 Å². The Morgan fingerprint density at radius 1 is 1.33 bits per heavy atom. The Kier molecular flexibility index (Phi) is 5.69. The molecule has 0 saturated heterocycles. The Morgan fingerprint density at radius 2 is 2.00 bits per heavy atom. The molecule has 84 valence electrons. The maximum atomic E-state index is 5.66. The molecule has 0 radical (unpaired) electrons. The summed E-state index contributed by atoms with van der Waals surface area (Å²) in [6, 6.07) is 8.89. The minimum atomic E-state index is 0.325. The molecule has 0 bridgehead atoms. The fourth-order valence-corrected chi connectivity index (χ4v) is 1.73. The summed E-state index contributed by atoms with van der Waals surface area (Å²) in [6.07, 6.45) is 2.99. The van der Waals surface area contributed by atoms with E-state index in [0.29, 0.717) is 11.9 Å². The van der Waals surface area contributed by atoms with Gasteiger partial charge >= 0.3 is 0 Å². The molecule has 3 heteroatoms. The molecule has 0 fully saturated rings. The van der Waals surface area contributed by atoms with E-state index in [1.54, 1.807) is 0 Å². The zero-order valence-corrected chi connectivity index (χ0v) is 9.93. The van der Waals surface area contributed by atoms with Crippen molar-refractivity contribution in [3.05, 3.63) is 35.4 Å². The van der Waals surface area contributed by atoms with Crippen LogP contribution < -0.4 is 11.3 Å². The largest absolute Gasteiger partial charge is 0.271 e. The standard InChI is InChI=1S/C12H19ClN2/c1-10-4-6-11(7-5-10)9-12(15-14)3-2-8-13/h4-7,12,15H,2-3,8-9,14H2,1H3. The van der Waals surface area contributed by atoms with Crippen LogP contribution in [-0.4, -0.2) is 11.9 Å². The van der Waals surface area contributed by atoms with Crippen LogP contribution in [0.5, 0.6) is 0 Å². The van der Waals surface area contributed by atoms with Crippen LogP contribution in [-0.2, 0) is 6.42 Å². The molecule has 1 aromatic carbocycles. The molecule has 1 unspecified atom stereocenters. The summed E-state index contributed by atoms with van der Waals surface area (Å²) in [7, 11) is 0. The van der Waals surface area contributed by atoms with Crippen LogP contribution in [0.4, 0.5) is 0 Å². The molecule has 0 aliphatic heterocycles. The number of hydrogen-bond acceptors (Lipinski definition) is 2. The fourth-order valence-electron chi connectivity index (χ4n) is 1.58. The molecule has 1 aromatic rings. The van der Waals surface area contributed by atoms with Crippen molar-refractivity contribution in [1.29, 1.82) is 0 Å². The maximum absolute atomic E-state index is 5.66. The number of nitrogens with one attached hydrogen (secondary N) is 1. The Morgan fingerprint density at radius 3 is 2.53 bits per heavy atom. The van der Waals surface area contributed by atoms with Crippen LogP contribution in [0.15, 0.2) is 24.3 Å². The van der Waals surface area contributed by atoms with E-state index in [1.807, 2.05) is 0 Å². The van der Waals surface area contributed by atoms with Gasteiger partial charge in [0.2, 0.25) is 0 Å². The third-order valence-electron chi connectivity index (χ3n) is 2.52. The van der Waals surface area contributed by atoms with Crippen LogP contribution in [0.25, 0.3) is 0 Å². The van der Waals surface area contributed by atoms with Gasteiger partial charge in [-0.15, -0.1) is 11.6 Å². The monoisotopic (exact) mass is 226 g/mol. The van der Waals surface area contributed by atoms with Gasteiger partial charge in [-0.1, -0.05) is 29.8 Å². The minimum absolute atomic E-state index is 0.325. The highest BCUT2D eigenvalue weighted by Gasteiger charge is 2.06. The van der Waals surface area contributed by atoms with E-state index < -0.39 is 0 Å². The van der Waals surface area contributed by atoms with Crippen LogP contribution in [0.2, 0.25) is 0 Å². The summed E-state index contributed by atoms with van der Waals surface area (Å²) in [5.74, 6) is 6.20. The Bertz CT molecular complexity index is 271. The van der Waals surface area contributed by atoms with Crippen molar-refractivity contribution in [3.8, 4) is 0 Å². The Labute approximate surface area is 96.8 Å². The predicted molar refractivity (Wildman–Crippen MR) is 65.9 cm³/mol. The first-order valence-electron chi connectivity index (χ1n) is 5.34. The Hall–Kier alpha value is -0.570. The van der Waals surface area contributed by atoms with Crippen molar-refractivity contribution in [2.75, 3.05) is 5.88 Å². The molecule has 0 aliphatic carbocycles. The highest BCUT2D eigenvalue weighted by molar-refractivity contribution is 6.17. The van der Waals surface area contributed by atoms with E-state index in [2.05, 4.69) is 36.6 Å². The molecular formula is C12H19ClN2. The van der Waals surface area contributed by atoms with Gasteiger partial charge in [-0.05, 0) is 31.7 Å². The quantitative estimate of drug-likeness (QED) is 0.444. The van der Waals surface area contributed by atoms with Gasteiger partial charge in [0, 0.05) is 11.9 Å². The van der Waals surface area contributed by atoms with Gasteiger partial charge in [0.15, 0.2) is 0 Å². The topological polar surface area (TPSA) is 38.0 Å². The highest BCUT2D eigenvalue weighted by Crippen LogP contribution is 2.09. The third kappa shape index (κ3) is 4.65. The second kappa shape index (κ2) is 6.83. The molecule has 0 spiro atoms. The smallest absolute Gasteiger partial charge is 0.0251 e. The molecule has 1 atom stereocenters. The summed E-state index contributed by atoms with van der Waals surface area (Å²) in [6.45, 7) is 2.09. The Balaban J connectivity index is 2.47. The van der Waals surface area contributed by atoms with Gasteiger partial charge in [0.05, 0.1) is 0 Å². The van der Waals surface area contributed by atoms with Crippen molar-refractivity contribution in [2.24, 2.45) is 5.84 Å². The molecule has 0 amide bonds. The lowest BCUT2D eigenvalue weighted by molar-refractivity contribution is 0.487. The molecule has 0 saturated carbocycles. The van der Waals surface area contributed by atoms with E-state index in [-0.39, 0.29) is 0 Å². The average Bonchev–Trinajstić information content (AvgIpc) is 2.27. The normalized spacial score (nSPS) is 12.7. The number of aryl methyl sites for hydroxylation is 1. The second-order valence-corrected chi connectivity index (χ2v) is 4.26. The molecule has 1 rings (SSSR count). The van der Waals surface area contributed by atoms with Crippen molar-refractivity contribution in [3.63, 3.8) is 0 Å². The SMILES string of the molecule is Cc1ccc(CC(CCCCl)NN)cc1. The molecule has 15 heavy (non-hydrogen) atoms. The number of hydrogen-bond donors (Lipinski definition) is 2. The maximum Gasteiger partial charge on any atom is 0.0251 e. The van der Waals surface area contributed by atoms with E-state index in [0.717, 1.165) is 19.3 Å². The summed E-state index contributed by atoms with van der Waals surface area (Å²) >= 11 is 5.66. The molecule has 0 heterocycles. The van der Waals surface area contributed by atoms with Crippen molar-refractivity contribution in [2.45, 2.75) is 32.2 Å². The van der Waals surface area contributed by atoms with Crippen molar-refractivity contribution < 1.29 is 0 Å². The number of nitrogens with two attached hydrogens (primary N) is 1. The van der Waals surface area contributed by atoms with Gasteiger partial charge in [-0.2, -0.15) is 0 Å². The summed E-state index contributed by atoms with van der Waals surface area (Å²) in [5.41, 5.74) is 5.45. The average molecular weight is 227 g/mol. The van der Waals surface area contributed by atoms with E-state index in [9.17, 15) is 0 Å². The van der Waals surface area contributed by atoms with Gasteiger partial charge in [-0.25, -0.2) is 0 Å². The minimum Gasteiger partial charge on any atom is -0.271 e. The second-order valence-electron chi connectivity index (χ2n) is 3.88. The first-order valence-corrected chi connectivity index (χ1v) is 5.87. The lowest BCUT2D eigenvalue weighted by Crippen LogP contribution is -2.36.